The lowest BCUT2D eigenvalue weighted by Crippen LogP contribution is -2.22. The number of nitrogens with zero attached hydrogens (tertiary/aromatic N) is 1. The minimum Gasteiger partial charge on any atom is -0.408 e. The van der Waals surface area contributed by atoms with Crippen molar-refractivity contribution in [1.29, 1.82) is 0 Å². The lowest BCUT2D eigenvalue weighted by molar-refractivity contribution is 0.545. The fourth-order valence-corrected chi connectivity index (χ4v) is 1.84. The molecule has 18 heavy (non-hydrogen) atoms. The van der Waals surface area contributed by atoms with Gasteiger partial charge in [-0.1, -0.05) is 6.92 Å². The van der Waals surface area contributed by atoms with Gasteiger partial charge in [0.15, 0.2) is 5.58 Å². The minimum atomic E-state index is -0.415. The molecule has 0 aliphatic carbocycles. The summed E-state index contributed by atoms with van der Waals surface area (Å²) < 4.78 is 4.97. The number of benzene rings is 1. The number of aromatic nitrogens is 1. The summed E-state index contributed by atoms with van der Waals surface area (Å²) in [6, 6.07) is 5.69. The first kappa shape index (κ1) is 12.7. The first-order valence-corrected chi connectivity index (χ1v) is 6.14. The Hall–Kier alpha value is -1.75. The molecule has 3 N–H and O–H groups in total. The van der Waals surface area contributed by atoms with E-state index in [1.54, 1.807) is 0 Å². The molecule has 1 atom stereocenters. The number of anilines is 1. The van der Waals surface area contributed by atoms with E-state index in [0.717, 1.165) is 24.2 Å². The molecule has 0 spiro atoms. The van der Waals surface area contributed by atoms with Crippen molar-refractivity contribution in [3.8, 4) is 0 Å². The van der Waals surface area contributed by atoms with Crippen molar-refractivity contribution >= 4 is 16.8 Å². The van der Waals surface area contributed by atoms with Crippen molar-refractivity contribution in [2.24, 2.45) is 11.7 Å². The molecule has 5 heteroatoms. The van der Waals surface area contributed by atoms with Gasteiger partial charge >= 0.3 is 5.76 Å². The second kappa shape index (κ2) is 5.27. The largest absolute Gasteiger partial charge is 0.417 e. The molecule has 1 aromatic carbocycles. The Kier molecular flexibility index (Phi) is 3.72. The third-order valence-electron chi connectivity index (χ3n) is 3.20. The third-order valence-corrected chi connectivity index (χ3v) is 3.20. The quantitative estimate of drug-likeness (QED) is 0.843. The molecule has 2 aromatic rings. The van der Waals surface area contributed by atoms with Crippen LogP contribution >= 0.6 is 0 Å². The fraction of sp³-hybridized carbons (Fsp3) is 0.462. The molecule has 0 aliphatic rings. The predicted molar refractivity (Wildman–Crippen MR) is 72.9 cm³/mol. The maximum absolute atomic E-state index is 11.1. The summed E-state index contributed by atoms with van der Waals surface area (Å²) in [6.07, 6.45) is 1.05. The lowest BCUT2D eigenvalue weighted by Gasteiger charge is -2.20. The molecule has 98 valence electrons. The van der Waals surface area contributed by atoms with Crippen LogP contribution < -0.4 is 16.4 Å². The zero-order valence-corrected chi connectivity index (χ0v) is 10.8. The number of hydrogen-bond acceptors (Lipinski definition) is 4. The monoisotopic (exact) mass is 249 g/mol. The normalized spacial score (nSPS) is 12.8. The molecule has 1 heterocycles. The summed E-state index contributed by atoms with van der Waals surface area (Å²) in [4.78, 5) is 15.9. The van der Waals surface area contributed by atoms with Gasteiger partial charge in [0.2, 0.25) is 0 Å². The Morgan fingerprint density at radius 1 is 1.50 bits per heavy atom. The number of nitrogens with two attached hydrogens (primary N) is 1. The summed E-state index contributed by atoms with van der Waals surface area (Å²) in [7, 11) is 2.03. The van der Waals surface area contributed by atoms with E-state index >= 15 is 0 Å². The van der Waals surface area contributed by atoms with Crippen LogP contribution in [0.4, 0.5) is 5.69 Å². The van der Waals surface area contributed by atoms with Crippen LogP contribution in [0.5, 0.6) is 0 Å². The highest BCUT2D eigenvalue weighted by atomic mass is 16.4. The SMILES string of the molecule is CC(CN)CCN(C)c1ccc2oc(=O)[nH]c2c1. The van der Waals surface area contributed by atoms with Gasteiger partial charge in [0.25, 0.3) is 0 Å². The summed E-state index contributed by atoms with van der Waals surface area (Å²) in [5, 5.41) is 0. The van der Waals surface area contributed by atoms with Crippen LogP contribution in [0.25, 0.3) is 11.1 Å². The Morgan fingerprint density at radius 2 is 2.28 bits per heavy atom. The lowest BCUT2D eigenvalue weighted by atomic mass is 10.1. The van der Waals surface area contributed by atoms with E-state index in [-0.39, 0.29) is 0 Å². The highest BCUT2D eigenvalue weighted by Crippen LogP contribution is 2.19. The number of fused-ring (bicyclic) bond motifs is 1. The van der Waals surface area contributed by atoms with Crippen molar-refractivity contribution in [3.05, 3.63) is 28.7 Å². The van der Waals surface area contributed by atoms with Gasteiger partial charge in [0.05, 0.1) is 5.52 Å². The first-order chi connectivity index (χ1) is 8.60. The van der Waals surface area contributed by atoms with Crippen LogP contribution in [-0.4, -0.2) is 25.1 Å². The Labute approximate surface area is 106 Å². The van der Waals surface area contributed by atoms with Crippen LogP contribution in [-0.2, 0) is 0 Å². The average Bonchev–Trinajstić information content (AvgIpc) is 2.74. The van der Waals surface area contributed by atoms with E-state index in [9.17, 15) is 4.79 Å². The summed E-state index contributed by atoms with van der Waals surface area (Å²) in [6.45, 7) is 3.79. The van der Waals surface area contributed by atoms with Crippen LogP contribution in [0.2, 0.25) is 0 Å². The second-order valence-electron chi connectivity index (χ2n) is 4.75. The van der Waals surface area contributed by atoms with E-state index in [4.69, 9.17) is 10.2 Å². The third kappa shape index (κ3) is 2.73. The van der Waals surface area contributed by atoms with Crippen LogP contribution in [0.15, 0.2) is 27.4 Å². The second-order valence-corrected chi connectivity index (χ2v) is 4.75. The van der Waals surface area contributed by atoms with E-state index in [0.29, 0.717) is 18.0 Å². The number of aromatic amines is 1. The molecule has 2 rings (SSSR count). The number of nitrogens with one attached hydrogen (secondary N) is 1. The molecule has 0 amide bonds. The smallest absolute Gasteiger partial charge is 0.408 e. The highest BCUT2D eigenvalue weighted by Gasteiger charge is 2.07. The van der Waals surface area contributed by atoms with E-state index in [1.165, 1.54) is 0 Å². The standard InChI is InChI=1S/C13H19N3O2/c1-9(8-14)5-6-16(2)10-3-4-12-11(7-10)15-13(17)18-12/h3-4,7,9H,5-6,8,14H2,1-2H3,(H,15,17). The van der Waals surface area contributed by atoms with E-state index < -0.39 is 5.76 Å². The molecule has 0 bridgehead atoms. The van der Waals surface area contributed by atoms with Crippen LogP contribution in [0.1, 0.15) is 13.3 Å². The maximum atomic E-state index is 11.1. The zero-order valence-electron chi connectivity index (χ0n) is 10.8. The molecule has 0 saturated carbocycles. The maximum Gasteiger partial charge on any atom is 0.417 e. The van der Waals surface area contributed by atoms with Crippen molar-refractivity contribution in [2.75, 3.05) is 25.0 Å². The highest BCUT2D eigenvalue weighted by molar-refractivity contribution is 5.77. The first-order valence-electron chi connectivity index (χ1n) is 6.14. The molecule has 0 aliphatic heterocycles. The zero-order chi connectivity index (χ0) is 13.1. The number of oxazole rings is 1. The molecular weight excluding hydrogens is 230 g/mol. The molecule has 1 unspecified atom stereocenters. The topological polar surface area (TPSA) is 75.3 Å². The summed E-state index contributed by atoms with van der Waals surface area (Å²) in [5.74, 6) is 0.103. The molecule has 5 nitrogen and oxygen atoms in total. The minimum absolute atomic E-state index is 0.415. The molecule has 1 aromatic heterocycles. The molecule has 0 fully saturated rings. The van der Waals surface area contributed by atoms with Gasteiger partial charge in [0, 0.05) is 19.3 Å². The average molecular weight is 249 g/mol. The number of rotatable bonds is 5. The van der Waals surface area contributed by atoms with E-state index in [1.807, 2.05) is 25.2 Å². The van der Waals surface area contributed by atoms with Gasteiger partial charge in [-0.25, -0.2) is 4.79 Å². The molecule has 0 radical (unpaired) electrons. The van der Waals surface area contributed by atoms with Gasteiger partial charge in [-0.3, -0.25) is 4.98 Å². The Balaban J connectivity index is 2.12. The Morgan fingerprint density at radius 3 is 3.00 bits per heavy atom. The van der Waals surface area contributed by atoms with Crippen molar-refractivity contribution in [2.45, 2.75) is 13.3 Å². The Bertz CT molecular complexity index is 573. The van der Waals surface area contributed by atoms with Crippen molar-refractivity contribution < 1.29 is 4.42 Å². The predicted octanol–water partition coefficient (Wildman–Crippen LogP) is 1.54. The fourth-order valence-electron chi connectivity index (χ4n) is 1.84. The van der Waals surface area contributed by atoms with E-state index in [2.05, 4.69) is 16.8 Å². The van der Waals surface area contributed by atoms with Gasteiger partial charge in [-0.2, -0.15) is 0 Å². The van der Waals surface area contributed by atoms with Gasteiger partial charge in [0.1, 0.15) is 0 Å². The number of hydrogen-bond donors (Lipinski definition) is 2. The van der Waals surface area contributed by atoms with Gasteiger partial charge < -0.3 is 15.1 Å². The van der Waals surface area contributed by atoms with Gasteiger partial charge in [-0.15, -0.1) is 0 Å². The summed E-state index contributed by atoms with van der Waals surface area (Å²) >= 11 is 0. The van der Waals surface area contributed by atoms with Crippen LogP contribution in [0.3, 0.4) is 0 Å². The van der Waals surface area contributed by atoms with Crippen molar-refractivity contribution in [3.63, 3.8) is 0 Å². The van der Waals surface area contributed by atoms with Gasteiger partial charge in [-0.05, 0) is 37.1 Å². The van der Waals surface area contributed by atoms with Crippen molar-refractivity contribution in [1.82, 2.24) is 4.98 Å². The molecule has 0 saturated heterocycles. The summed E-state index contributed by atoms with van der Waals surface area (Å²) in [5.41, 5.74) is 7.99. The number of H-pyrrole nitrogens is 1. The molecular formula is C13H19N3O2. The van der Waals surface area contributed by atoms with Crippen LogP contribution in [0, 0.1) is 5.92 Å².